The molecular formula is C20H17F4N7O2. The number of nitriles is 1. The fourth-order valence-electron chi connectivity index (χ4n) is 2.53. The van der Waals surface area contributed by atoms with Crippen LogP contribution in [0.15, 0.2) is 42.5 Å². The summed E-state index contributed by atoms with van der Waals surface area (Å²) in [4.78, 5) is 13.4. The standard InChI is InChI=1S/C14H12F3N5.C6H5FN2O2/c1-7-10(6-18)12(20)22-13(11(7)19)21-9-4-2-3-8(5-9)14(15,16)17;7-5-2-1-4(9(10)11)3-6(5)8/h2-5H,19H2,1H3,(H3,20,21,22);1-3H,8H2. The highest BCUT2D eigenvalue weighted by Gasteiger charge is 2.30. The highest BCUT2D eigenvalue weighted by Crippen LogP contribution is 2.33. The SMILES string of the molecule is Cc1c(N)c(Nc2cccc(C(F)(F)F)c2)nc(N)c1C#N.Nc1cc([N+](=O)[O-])ccc1F. The first-order chi connectivity index (χ1) is 15.3. The van der Waals surface area contributed by atoms with Crippen LogP contribution in [0.2, 0.25) is 0 Å². The van der Waals surface area contributed by atoms with Crippen molar-refractivity contribution in [2.75, 3.05) is 22.5 Å². The number of hydrogen-bond acceptors (Lipinski definition) is 8. The van der Waals surface area contributed by atoms with Crippen LogP contribution in [-0.2, 0) is 6.18 Å². The van der Waals surface area contributed by atoms with Crippen LogP contribution < -0.4 is 22.5 Å². The average Bonchev–Trinajstić information content (AvgIpc) is 2.74. The molecule has 1 heterocycles. The van der Waals surface area contributed by atoms with Crippen LogP contribution in [0.4, 0.5) is 51.9 Å². The molecule has 3 rings (SSSR count). The van der Waals surface area contributed by atoms with Crippen molar-refractivity contribution in [3.63, 3.8) is 0 Å². The minimum atomic E-state index is -4.45. The van der Waals surface area contributed by atoms with Gasteiger partial charge in [0.1, 0.15) is 17.7 Å². The van der Waals surface area contributed by atoms with Crippen LogP contribution in [0.1, 0.15) is 16.7 Å². The van der Waals surface area contributed by atoms with Gasteiger partial charge in [-0.3, -0.25) is 10.1 Å². The predicted octanol–water partition coefficient (Wildman–Crippen LogP) is 4.50. The van der Waals surface area contributed by atoms with E-state index in [9.17, 15) is 27.7 Å². The summed E-state index contributed by atoms with van der Waals surface area (Å²) in [6.45, 7) is 1.59. The molecule has 0 unspecified atom stereocenters. The number of halogens is 4. The van der Waals surface area contributed by atoms with Gasteiger partial charge in [-0.2, -0.15) is 18.4 Å². The number of nitrogens with one attached hydrogen (secondary N) is 1. The number of hydrogen-bond donors (Lipinski definition) is 4. The van der Waals surface area contributed by atoms with Crippen LogP contribution in [0, 0.1) is 34.2 Å². The van der Waals surface area contributed by atoms with Crippen molar-refractivity contribution in [2.24, 2.45) is 0 Å². The molecule has 0 atom stereocenters. The van der Waals surface area contributed by atoms with Gasteiger partial charge >= 0.3 is 6.18 Å². The van der Waals surface area contributed by atoms with Crippen LogP contribution in [0.25, 0.3) is 0 Å². The number of nitrogens with zero attached hydrogens (tertiary/aromatic N) is 3. The van der Waals surface area contributed by atoms with Gasteiger partial charge in [0.05, 0.1) is 27.4 Å². The molecular weight excluding hydrogens is 446 g/mol. The Kier molecular flexibility index (Phi) is 7.24. The fraction of sp³-hybridized carbons (Fsp3) is 0.100. The maximum absolute atomic E-state index is 12.7. The van der Waals surface area contributed by atoms with Crippen LogP contribution in [0.3, 0.4) is 0 Å². The van der Waals surface area contributed by atoms with E-state index in [-0.39, 0.29) is 39.9 Å². The van der Waals surface area contributed by atoms with E-state index in [1.807, 2.05) is 6.07 Å². The third kappa shape index (κ3) is 5.97. The quantitative estimate of drug-likeness (QED) is 0.190. The third-order valence-electron chi connectivity index (χ3n) is 4.28. The molecule has 2 aromatic carbocycles. The number of alkyl halides is 3. The van der Waals surface area contributed by atoms with Gasteiger partial charge in [0.15, 0.2) is 5.82 Å². The zero-order valence-corrected chi connectivity index (χ0v) is 16.9. The van der Waals surface area contributed by atoms with Crippen molar-refractivity contribution in [3.8, 4) is 6.07 Å². The smallest absolute Gasteiger partial charge is 0.396 e. The molecule has 0 saturated carbocycles. The fourth-order valence-corrected chi connectivity index (χ4v) is 2.53. The predicted molar refractivity (Wildman–Crippen MR) is 115 cm³/mol. The first kappa shape index (κ1) is 24.7. The summed E-state index contributed by atoms with van der Waals surface area (Å²) >= 11 is 0. The molecule has 0 saturated heterocycles. The van der Waals surface area contributed by atoms with Crippen molar-refractivity contribution >= 4 is 34.4 Å². The number of aromatic nitrogens is 1. The number of nitro benzene ring substituents is 1. The second-order valence-electron chi connectivity index (χ2n) is 6.54. The van der Waals surface area contributed by atoms with E-state index >= 15 is 0 Å². The summed E-state index contributed by atoms with van der Waals surface area (Å²) in [6.07, 6.45) is -4.45. The van der Waals surface area contributed by atoms with Crippen LogP contribution in [0.5, 0.6) is 0 Å². The lowest BCUT2D eigenvalue weighted by atomic mass is 10.1. The lowest BCUT2D eigenvalue weighted by Gasteiger charge is -2.14. The zero-order chi connectivity index (χ0) is 24.9. The Balaban J connectivity index is 0.000000294. The van der Waals surface area contributed by atoms with Gasteiger partial charge in [-0.1, -0.05) is 6.07 Å². The summed E-state index contributed by atoms with van der Waals surface area (Å²) in [5.74, 6) is -0.576. The first-order valence-electron chi connectivity index (χ1n) is 8.94. The van der Waals surface area contributed by atoms with Gasteiger partial charge in [0, 0.05) is 17.8 Å². The molecule has 3 aromatic rings. The van der Waals surface area contributed by atoms with Gasteiger partial charge in [-0.25, -0.2) is 9.37 Å². The Morgan fingerprint density at radius 2 is 1.82 bits per heavy atom. The van der Waals surface area contributed by atoms with Crippen molar-refractivity contribution in [2.45, 2.75) is 13.1 Å². The summed E-state index contributed by atoms with van der Waals surface area (Å²) in [7, 11) is 0. The number of non-ortho nitro benzene ring substituents is 1. The Hall–Kier alpha value is -4.60. The van der Waals surface area contributed by atoms with Gasteiger partial charge in [-0.15, -0.1) is 0 Å². The van der Waals surface area contributed by atoms with E-state index in [2.05, 4.69) is 10.3 Å². The van der Waals surface area contributed by atoms with E-state index < -0.39 is 22.5 Å². The second-order valence-corrected chi connectivity index (χ2v) is 6.54. The number of nitrogens with two attached hydrogens (primary N) is 3. The number of nitrogen functional groups attached to an aromatic ring is 3. The maximum Gasteiger partial charge on any atom is 0.416 e. The molecule has 9 nitrogen and oxygen atoms in total. The summed E-state index contributed by atoms with van der Waals surface area (Å²) in [5, 5.41) is 21.7. The molecule has 7 N–H and O–H groups in total. The molecule has 0 aliphatic rings. The third-order valence-corrected chi connectivity index (χ3v) is 4.28. The molecule has 172 valence electrons. The Morgan fingerprint density at radius 1 is 1.15 bits per heavy atom. The van der Waals surface area contributed by atoms with E-state index in [4.69, 9.17) is 22.5 Å². The molecule has 0 aliphatic heterocycles. The normalized spacial score (nSPS) is 10.5. The summed E-state index contributed by atoms with van der Waals surface area (Å²) < 4.78 is 50.5. The molecule has 0 fully saturated rings. The van der Waals surface area contributed by atoms with Gasteiger partial charge < -0.3 is 22.5 Å². The van der Waals surface area contributed by atoms with E-state index in [1.165, 1.54) is 12.1 Å². The molecule has 13 heteroatoms. The van der Waals surface area contributed by atoms with Crippen molar-refractivity contribution in [3.05, 3.63) is 75.1 Å². The minimum absolute atomic E-state index is 0.0383. The van der Waals surface area contributed by atoms with Gasteiger partial charge in [0.25, 0.3) is 5.69 Å². The molecule has 0 amide bonds. The number of nitro groups is 1. The summed E-state index contributed by atoms with van der Waals surface area (Å²) in [6, 6.07) is 9.49. The topological polar surface area (TPSA) is 170 Å². The number of rotatable bonds is 3. The Labute approximate surface area is 184 Å². The Morgan fingerprint density at radius 3 is 2.36 bits per heavy atom. The van der Waals surface area contributed by atoms with Crippen molar-refractivity contribution in [1.29, 1.82) is 5.26 Å². The molecule has 0 bridgehead atoms. The molecule has 33 heavy (non-hydrogen) atoms. The lowest BCUT2D eigenvalue weighted by Crippen LogP contribution is -2.08. The minimum Gasteiger partial charge on any atom is -0.396 e. The zero-order valence-electron chi connectivity index (χ0n) is 16.9. The van der Waals surface area contributed by atoms with Crippen LogP contribution in [-0.4, -0.2) is 9.91 Å². The van der Waals surface area contributed by atoms with E-state index in [1.54, 1.807) is 6.92 Å². The highest BCUT2D eigenvalue weighted by molar-refractivity contribution is 5.77. The van der Waals surface area contributed by atoms with E-state index in [0.717, 1.165) is 30.3 Å². The molecule has 0 aliphatic carbocycles. The van der Waals surface area contributed by atoms with E-state index in [0.29, 0.717) is 5.56 Å². The van der Waals surface area contributed by atoms with Gasteiger partial charge in [0.2, 0.25) is 0 Å². The average molecular weight is 463 g/mol. The van der Waals surface area contributed by atoms with Crippen molar-refractivity contribution in [1.82, 2.24) is 4.98 Å². The number of anilines is 5. The van der Waals surface area contributed by atoms with Gasteiger partial charge in [-0.05, 0) is 36.8 Å². The molecule has 0 radical (unpaired) electrons. The highest BCUT2D eigenvalue weighted by atomic mass is 19.4. The summed E-state index contributed by atoms with van der Waals surface area (Å²) in [5.41, 5.74) is 16.2. The largest absolute Gasteiger partial charge is 0.416 e. The molecule has 0 spiro atoms. The molecule has 1 aromatic heterocycles. The maximum atomic E-state index is 12.7. The van der Waals surface area contributed by atoms with Crippen molar-refractivity contribution < 1.29 is 22.5 Å². The van der Waals surface area contributed by atoms with Crippen LogP contribution >= 0.6 is 0 Å². The number of pyridine rings is 1. The lowest BCUT2D eigenvalue weighted by molar-refractivity contribution is -0.384. The number of benzene rings is 2. The first-order valence-corrected chi connectivity index (χ1v) is 8.94. The second kappa shape index (κ2) is 9.69. The Bertz CT molecular complexity index is 1240. The monoisotopic (exact) mass is 463 g/mol.